The van der Waals surface area contributed by atoms with Crippen LogP contribution in [0.3, 0.4) is 0 Å². The van der Waals surface area contributed by atoms with Gasteiger partial charge in [0, 0.05) is 5.69 Å². The number of benzene rings is 1. The number of allylic oxidation sites excluding steroid dienone is 2. The minimum absolute atomic E-state index is 0.0911. The lowest BCUT2D eigenvalue weighted by atomic mass is 10.1. The van der Waals surface area contributed by atoms with E-state index in [1.165, 1.54) is 5.57 Å². The Bertz CT molecular complexity index is 728. The predicted molar refractivity (Wildman–Crippen MR) is 90.7 cm³/mol. The molecule has 0 radical (unpaired) electrons. The van der Waals surface area contributed by atoms with Crippen LogP contribution in [-0.4, -0.2) is 20.6 Å². The lowest BCUT2D eigenvalue weighted by Gasteiger charge is -2.07. The number of sulfonamides is 1. The van der Waals surface area contributed by atoms with Crippen molar-refractivity contribution in [2.45, 2.75) is 27.7 Å². The van der Waals surface area contributed by atoms with Crippen LogP contribution in [0.15, 0.2) is 35.9 Å². The molecular formula is C17H23NO4S. The highest BCUT2D eigenvalue weighted by molar-refractivity contribution is 7.92. The molecule has 126 valence electrons. The highest BCUT2D eigenvalue weighted by Crippen LogP contribution is 2.59. The molecule has 2 atom stereocenters. The molecule has 0 aromatic heterocycles. The van der Waals surface area contributed by atoms with Crippen LogP contribution in [0.25, 0.3) is 0 Å². The second kappa shape index (κ2) is 6.00. The van der Waals surface area contributed by atoms with Gasteiger partial charge in [0.15, 0.2) is 0 Å². The molecule has 0 amide bonds. The number of carbonyl (C=O) groups is 1. The maximum absolute atomic E-state index is 12.3. The van der Waals surface area contributed by atoms with Crippen molar-refractivity contribution in [1.82, 2.24) is 0 Å². The first-order valence-electron chi connectivity index (χ1n) is 7.45. The number of nitrogens with one attached hydrogen (secondary N) is 1. The van der Waals surface area contributed by atoms with Crippen molar-refractivity contribution >= 4 is 21.7 Å². The van der Waals surface area contributed by atoms with Gasteiger partial charge in [0.05, 0.1) is 12.2 Å². The summed E-state index contributed by atoms with van der Waals surface area (Å²) in [5, 5.41) is 0. The molecule has 1 saturated carbocycles. The zero-order valence-corrected chi connectivity index (χ0v) is 14.9. The zero-order chi connectivity index (χ0) is 17.4. The van der Waals surface area contributed by atoms with Gasteiger partial charge < -0.3 is 4.74 Å². The Kier molecular flexibility index (Phi) is 4.57. The molecule has 0 heterocycles. The summed E-state index contributed by atoms with van der Waals surface area (Å²) in [5.74, 6) is 0.214. The Morgan fingerprint density at radius 3 is 2.26 bits per heavy atom. The maximum Gasteiger partial charge on any atom is 0.315 e. The summed E-state index contributed by atoms with van der Waals surface area (Å²) >= 11 is 0. The third-order valence-corrected chi connectivity index (χ3v) is 4.66. The lowest BCUT2D eigenvalue weighted by Crippen LogP contribution is -2.14. The van der Waals surface area contributed by atoms with Gasteiger partial charge in [-0.1, -0.05) is 25.5 Å². The number of anilines is 1. The number of rotatable bonds is 5. The fraction of sp³-hybridized carbons (Fsp3) is 0.471. The van der Waals surface area contributed by atoms with Crippen LogP contribution in [0.2, 0.25) is 0 Å². The Labute approximate surface area is 137 Å². The minimum atomic E-state index is -3.31. The molecule has 0 aliphatic heterocycles. The fourth-order valence-electron chi connectivity index (χ4n) is 2.78. The molecule has 0 bridgehead atoms. The SMILES string of the molecule is CC(C)=C[C@@H]1[C@H](C(=O)Oc2ccc(NS(C)(=O)=O)cc2)C1(C)C. The van der Waals surface area contributed by atoms with Crippen molar-refractivity contribution in [3.05, 3.63) is 35.9 Å². The smallest absolute Gasteiger partial charge is 0.315 e. The number of ether oxygens (including phenoxy) is 1. The molecule has 2 rings (SSSR count). The first-order chi connectivity index (χ1) is 10.5. The Morgan fingerprint density at radius 2 is 1.78 bits per heavy atom. The molecule has 6 heteroatoms. The topological polar surface area (TPSA) is 72.5 Å². The molecule has 1 aliphatic rings. The monoisotopic (exact) mass is 337 g/mol. The van der Waals surface area contributed by atoms with E-state index in [1.807, 2.05) is 13.8 Å². The number of hydrogen-bond acceptors (Lipinski definition) is 4. The van der Waals surface area contributed by atoms with Crippen LogP contribution < -0.4 is 9.46 Å². The van der Waals surface area contributed by atoms with E-state index in [1.54, 1.807) is 24.3 Å². The molecule has 0 saturated heterocycles. The summed E-state index contributed by atoms with van der Waals surface area (Å²) < 4.78 is 30.1. The summed E-state index contributed by atoms with van der Waals surface area (Å²) in [6.45, 7) is 8.15. The highest BCUT2D eigenvalue weighted by Gasteiger charge is 2.61. The molecule has 5 nitrogen and oxygen atoms in total. The van der Waals surface area contributed by atoms with Crippen LogP contribution in [0, 0.1) is 17.3 Å². The molecule has 23 heavy (non-hydrogen) atoms. The second-order valence-electron chi connectivity index (χ2n) is 6.89. The van der Waals surface area contributed by atoms with E-state index in [0.29, 0.717) is 11.4 Å². The van der Waals surface area contributed by atoms with Gasteiger partial charge in [0.25, 0.3) is 0 Å². The fourth-order valence-corrected chi connectivity index (χ4v) is 3.35. The standard InChI is InChI=1S/C17H23NO4S/c1-11(2)10-14-15(17(14,3)4)16(19)22-13-8-6-12(7-9-13)18-23(5,20)21/h6-10,14-15,18H,1-5H3/t14-,15-/m1/s1. The van der Waals surface area contributed by atoms with Crippen LogP contribution in [0.5, 0.6) is 5.75 Å². The van der Waals surface area contributed by atoms with E-state index in [9.17, 15) is 13.2 Å². The summed E-state index contributed by atoms with van der Waals surface area (Å²) in [6, 6.07) is 6.29. The summed E-state index contributed by atoms with van der Waals surface area (Å²) in [6.07, 6.45) is 3.20. The first kappa shape index (κ1) is 17.5. The van der Waals surface area contributed by atoms with E-state index in [0.717, 1.165) is 6.26 Å². The Morgan fingerprint density at radius 1 is 1.22 bits per heavy atom. The van der Waals surface area contributed by atoms with Gasteiger partial charge in [0.2, 0.25) is 10.0 Å². The van der Waals surface area contributed by atoms with Crippen LogP contribution >= 0.6 is 0 Å². The van der Waals surface area contributed by atoms with Crippen molar-refractivity contribution in [3.8, 4) is 5.75 Å². The van der Waals surface area contributed by atoms with Gasteiger partial charge in [-0.05, 0) is 49.4 Å². The summed E-state index contributed by atoms with van der Waals surface area (Å²) in [4.78, 5) is 12.3. The van der Waals surface area contributed by atoms with E-state index < -0.39 is 10.0 Å². The van der Waals surface area contributed by atoms with Crippen molar-refractivity contribution in [1.29, 1.82) is 0 Å². The molecule has 0 unspecified atom stereocenters. The van der Waals surface area contributed by atoms with Crippen molar-refractivity contribution < 1.29 is 17.9 Å². The summed E-state index contributed by atoms with van der Waals surface area (Å²) in [5.41, 5.74) is 1.53. The largest absolute Gasteiger partial charge is 0.426 e. The third kappa shape index (κ3) is 4.34. The van der Waals surface area contributed by atoms with Gasteiger partial charge in [0.1, 0.15) is 5.75 Å². The first-order valence-corrected chi connectivity index (χ1v) is 9.34. The van der Waals surface area contributed by atoms with Crippen LogP contribution in [0.1, 0.15) is 27.7 Å². The lowest BCUT2D eigenvalue weighted by molar-refractivity contribution is -0.136. The van der Waals surface area contributed by atoms with E-state index >= 15 is 0 Å². The number of carbonyl (C=O) groups excluding carboxylic acids is 1. The molecule has 1 aromatic rings. The van der Waals surface area contributed by atoms with Crippen molar-refractivity contribution in [2.75, 3.05) is 11.0 Å². The predicted octanol–water partition coefficient (Wildman–Crippen LogP) is 3.20. The van der Waals surface area contributed by atoms with Gasteiger partial charge in [-0.15, -0.1) is 0 Å². The molecule has 1 fully saturated rings. The average Bonchev–Trinajstić information content (AvgIpc) is 2.90. The second-order valence-corrected chi connectivity index (χ2v) is 8.64. The highest BCUT2D eigenvalue weighted by atomic mass is 32.2. The average molecular weight is 337 g/mol. The summed E-state index contributed by atoms with van der Waals surface area (Å²) in [7, 11) is -3.31. The van der Waals surface area contributed by atoms with Gasteiger partial charge in [-0.2, -0.15) is 0 Å². The van der Waals surface area contributed by atoms with Crippen molar-refractivity contribution in [3.63, 3.8) is 0 Å². The molecule has 1 N–H and O–H groups in total. The van der Waals surface area contributed by atoms with Crippen LogP contribution in [0.4, 0.5) is 5.69 Å². The van der Waals surface area contributed by atoms with Gasteiger partial charge >= 0.3 is 5.97 Å². The van der Waals surface area contributed by atoms with Gasteiger partial charge in [-0.25, -0.2) is 8.42 Å². The molecule has 1 aliphatic carbocycles. The Hall–Kier alpha value is -1.82. The van der Waals surface area contributed by atoms with Crippen LogP contribution in [-0.2, 0) is 14.8 Å². The van der Waals surface area contributed by atoms with Crippen molar-refractivity contribution in [2.24, 2.45) is 17.3 Å². The zero-order valence-electron chi connectivity index (χ0n) is 14.1. The number of hydrogen-bond donors (Lipinski definition) is 1. The third-order valence-electron chi connectivity index (χ3n) is 4.05. The van der Waals surface area contributed by atoms with E-state index in [2.05, 4.69) is 24.6 Å². The molecular weight excluding hydrogens is 314 g/mol. The maximum atomic E-state index is 12.3. The molecule has 0 spiro atoms. The quantitative estimate of drug-likeness (QED) is 0.509. The Balaban J connectivity index is 2.03. The molecule has 1 aromatic carbocycles. The van der Waals surface area contributed by atoms with E-state index in [-0.39, 0.29) is 23.2 Å². The number of esters is 1. The van der Waals surface area contributed by atoms with Gasteiger partial charge in [-0.3, -0.25) is 9.52 Å². The van der Waals surface area contributed by atoms with E-state index in [4.69, 9.17) is 4.74 Å². The normalized spacial score (nSPS) is 22.1. The minimum Gasteiger partial charge on any atom is -0.426 e.